The molecular weight excluding hydrogens is 228 g/mol. The molecule has 0 aliphatic heterocycles. The van der Waals surface area contributed by atoms with Gasteiger partial charge in [0.05, 0.1) is 10.8 Å². The number of aryl methyl sites for hydroxylation is 2. The SMILES string of the molecule is Cc1ccccc1S(=O)c1cccc(C)c1C. The standard InChI is InChI=1S/C15H16OS/c1-11-8-6-10-15(13(11)3)17(16)14-9-5-4-7-12(14)2/h4-10H,1-3H3. The molecule has 0 aliphatic carbocycles. The summed E-state index contributed by atoms with van der Waals surface area (Å²) in [5.41, 5.74) is 3.38. The first-order valence-corrected chi connectivity index (χ1v) is 6.80. The summed E-state index contributed by atoms with van der Waals surface area (Å²) in [6, 6.07) is 13.8. The van der Waals surface area contributed by atoms with Crippen LogP contribution in [0.1, 0.15) is 16.7 Å². The van der Waals surface area contributed by atoms with Crippen molar-refractivity contribution in [1.82, 2.24) is 0 Å². The fraction of sp³-hybridized carbons (Fsp3) is 0.200. The van der Waals surface area contributed by atoms with Crippen LogP contribution in [0.3, 0.4) is 0 Å². The highest BCUT2D eigenvalue weighted by molar-refractivity contribution is 7.85. The quantitative estimate of drug-likeness (QED) is 0.785. The molecule has 17 heavy (non-hydrogen) atoms. The first-order valence-electron chi connectivity index (χ1n) is 5.65. The minimum atomic E-state index is -1.08. The fourth-order valence-corrected chi connectivity index (χ4v) is 3.25. The smallest absolute Gasteiger partial charge is 0.0855 e. The van der Waals surface area contributed by atoms with Crippen LogP contribution in [0.25, 0.3) is 0 Å². The van der Waals surface area contributed by atoms with Crippen molar-refractivity contribution in [1.29, 1.82) is 0 Å². The molecule has 1 atom stereocenters. The summed E-state index contributed by atoms with van der Waals surface area (Å²) in [5, 5.41) is 0. The molecule has 2 aromatic rings. The minimum absolute atomic E-state index is 0.904. The van der Waals surface area contributed by atoms with Gasteiger partial charge in [-0.05, 0) is 49.6 Å². The minimum Gasteiger partial charge on any atom is -0.249 e. The maximum atomic E-state index is 12.6. The lowest BCUT2D eigenvalue weighted by molar-refractivity contribution is 0.682. The molecule has 88 valence electrons. The maximum Gasteiger partial charge on any atom is 0.0855 e. The van der Waals surface area contributed by atoms with Crippen LogP contribution in [0.2, 0.25) is 0 Å². The van der Waals surface area contributed by atoms with Crippen LogP contribution in [-0.4, -0.2) is 4.21 Å². The van der Waals surface area contributed by atoms with Crippen molar-refractivity contribution in [2.24, 2.45) is 0 Å². The zero-order valence-corrected chi connectivity index (χ0v) is 11.2. The predicted molar refractivity (Wildman–Crippen MR) is 71.8 cm³/mol. The monoisotopic (exact) mass is 244 g/mol. The second-order valence-corrected chi connectivity index (χ2v) is 5.65. The van der Waals surface area contributed by atoms with Gasteiger partial charge >= 0.3 is 0 Å². The van der Waals surface area contributed by atoms with Gasteiger partial charge in [0.25, 0.3) is 0 Å². The Morgan fingerprint density at radius 3 is 2.06 bits per heavy atom. The van der Waals surface area contributed by atoms with E-state index >= 15 is 0 Å². The van der Waals surface area contributed by atoms with Crippen molar-refractivity contribution in [3.05, 3.63) is 59.2 Å². The van der Waals surface area contributed by atoms with Crippen LogP contribution in [0, 0.1) is 20.8 Å². The Morgan fingerprint density at radius 2 is 1.35 bits per heavy atom. The molecule has 0 heterocycles. The average molecular weight is 244 g/mol. The summed E-state index contributed by atoms with van der Waals surface area (Å²) in [6.07, 6.45) is 0. The Hall–Kier alpha value is -1.41. The van der Waals surface area contributed by atoms with E-state index in [4.69, 9.17) is 0 Å². The van der Waals surface area contributed by atoms with Gasteiger partial charge in [0.15, 0.2) is 0 Å². The lowest BCUT2D eigenvalue weighted by Gasteiger charge is -2.10. The van der Waals surface area contributed by atoms with Gasteiger partial charge in [-0.3, -0.25) is 0 Å². The van der Waals surface area contributed by atoms with Gasteiger partial charge in [0.2, 0.25) is 0 Å². The fourth-order valence-electron chi connectivity index (χ4n) is 1.81. The third-order valence-corrected chi connectivity index (χ3v) is 4.75. The largest absolute Gasteiger partial charge is 0.249 e. The second-order valence-electron chi connectivity index (χ2n) is 4.23. The summed E-state index contributed by atoms with van der Waals surface area (Å²) in [4.78, 5) is 1.82. The molecule has 0 bridgehead atoms. The van der Waals surface area contributed by atoms with Crippen LogP contribution in [0.4, 0.5) is 0 Å². The number of hydrogen-bond donors (Lipinski definition) is 0. The third-order valence-electron chi connectivity index (χ3n) is 3.05. The van der Waals surface area contributed by atoms with Gasteiger partial charge in [-0.25, -0.2) is 4.21 Å². The van der Waals surface area contributed by atoms with Crippen molar-refractivity contribution in [2.45, 2.75) is 30.6 Å². The zero-order chi connectivity index (χ0) is 12.4. The highest BCUT2D eigenvalue weighted by Crippen LogP contribution is 2.23. The molecule has 2 aromatic carbocycles. The molecule has 0 saturated heterocycles. The van der Waals surface area contributed by atoms with E-state index in [0.29, 0.717) is 0 Å². The van der Waals surface area contributed by atoms with Crippen molar-refractivity contribution in [3.8, 4) is 0 Å². The van der Waals surface area contributed by atoms with Crippen LogP contribution in [0.5, 0.6) is 0 Å². The maximum absolute atomic E-state index is 12.6. The summed E-state index contributed by atoms with van der Waals surface area (Å²) >= 11 is 0. The van der Waals surface area contributed by atoms with Gasteiger partial charge < -0.3 is 0 Å². The summed E-state index contributed by atoms with van der Waals surface area (Å²) in [7, 11) is -1.08. The van der Waals surface area contributed by atoms with Crippen molar-refractivity contribution >= 4 is 10.8 Å². The van der Waals surface area contributed by atoms with Gasteiger partial charge in [0, 0.05) is 9.79 Å². The Labute approximate surface area is 105 Å². The normalized spacial score (nSPS) is 12.4. The van der Waals surface area contributed by atoms with Crippen LogP contribution in [0.15, 0.2) is 52.3 Å². The number of hydrogen-bond acceptors (Lipinski definition) is 1. The van der Waals surface area contributed by atoms with E-state index in [0.717, 1.165) is 20.9 Å². The van der Waals surface area contributed by atoms with E-state index in [9.17, 15) is 4.21 Å². The average Bonchev–Trinajstić information content (AvgIpc) is 2.32. The Bertz CT molecular complexity index is 573. The van der Waals surface area contributed by atoms with Crippen molar-refractivity contribution in [2.75, 3.05) is 0 Å². The Balaban J connectivity index is 2.52. The Kier molecular flexibility index (Phi) is 3.43. The van der Waals surface area contributed by atoms with Crippen LogP contribution in [-0.2, 0) is 10.8 Å². The highest BCUT2D eigenvalue weighted by atomic mass is 32.2. The van der Waals surface area contributed by atoms with E-state index < -0.39 is 10.8 Å². The second kappa shape index (κ2) is 4.84. The van der Waals surface area contributed by atoms with Crippen LogP contribution < -0.4 is 0 Å². The van der Waals surface area contributed by atoms with E-state index in [-0.39, 0.29) is 0 Å². The van der Waals surface area contributed by atoms with Gasteiger partial charge in [-0.15, -0.1) is 0 Å². The molecule has 0 amide bonds. The molecule has 1 nitrogen and oxygen atoms in total. The molecule has 0 aliphatic rings. The molecule has 2 rings (SSSR count). The lowest BCUT2D eigenvalue weighted by atomic mass is 10.1. The number of benzene rings is 2. The first kappa shape index (κ1) is 12.1. The first-order chi connectivity index (χ1) is 8.11. The van der Waals surface area contributed by atoms with E-state index in [1.54, 1.807) is 0 Å². The summed E-state index contributed by atoms with van der Waals surface area (Å²) in [5.74, 6) is 0. The molecule has 2 heteroatoms. The van der Waals surface area contributed by atoms with E-state index in [1.807, 2.05) is 63.2 Å². The lowest BCUT2D eigenvalue weighted by Crippen LogP contribution is -1.99. The topological polar surface area (TPSA) is 17.1 Å². The van der Waals surface area contributed by atoms with Gasteiger partial charge in [-0.1, -0.05) is 30.3 Å². The third kappa shape index (κ3) is 2.32. The van der Waals surface area contributed by atoms with Crippen molar-refractivity contribution in [3.63, 3.8) is 0 Å². The number of rotatable bonds is 2. The summed E-state index contributed by atoms with van der Waals surface area (Å²) < 4.78 is 12.6. The molecule has 0 aromatic heterocycles. The molecule has 1 unspecified atom stereocenters. The highest BCUT2D eigenvalue weighted by Gasteiger charge is 2.12. The Morgan fingerprint density at radius 1 is 0.765 bits per heavy atom. The molecule has 0 spiro atoms. The summed E-state index contributed by atoms with van der Waals surface area (Å²) in [6.45, 7) is 6.08. The molecule has 0 saturated carbocycles. The molecular formula is C15H16OS. The molecule has 0 radical (unpaired) electrons. The van der Waals surface area contributed by atoms with Crippen LogP contribution >= 0.6 is 0 Å². The van der Waals surface area contributed by atoms with Gasteiger partial charge in [0.1, 0.15) is 0 Å². The van der Waals surface area contributed by atoms with E-state index in [1.165, 1.54) is 5.56 Å². The van der Waals surface area contributed by atoms with E-state index in [2.05, 4.69) is 0 Å². The van der Waals surface area contributed by atoms with Crippen molar-refractivity contribution < 1.29 is 4.21 Å². The molecule has 0 fully saturated rings. The predicted octanol–water partition coefficient (Wildman–Crippen LogP) is 3.78. The van der Waals surface area contributed by atoms with Gasteiger partial charge in [-0.2, -0.15) is 0 Å². The zero-order valence-electron chi connectivity index (χ0n) is 10.4. The molecule has 0 N–H and O–H groups in total.